The smallest absolute Gasteiger partial charge is 0.0943 e. The first kappa shape index (κ1) is 16.5. The van der Waals surface area contributed by atoms with Gasteiger partial charge in [-0.3, -0.25) is 0 Å². The lowest BCUT2D eigenvalue weighted by Crippen LogP contribution is -2.50. The van der Waals surface area contributed by atoms with Crippen LogP contribution >= 0.6 is 0 Å². The minimum atomic E-state index is -0.420. The number of hydrogen-bond donors (Lipinski definition) is 1. The Bertz CT molecular complexity index is 437. The fourth-order valence-corrected chi connectivity index (χ4v) is 3.34. The minimum absolute atomic E-state index is 0.352. The number of rotatable bonds is 5. The lowest BCUT2D eigenvalue weighted by atomic mass is 9.68. The molecular formula is C19H30O2. The minimum Gasteiger partial charge on any atom is -0.390 e. The zero-order valence-corrected chi connectivity index (χ0v) is 14.0. The Labute approximate surface area is 129 Å². The maximum Gasteiger partial charge on any atom is 0.0943 e. The molecule has 21 heavy (non-hydrogen) atoms. The first-order valence-electron chi connectivity index (χ1n) is 8.24. The quantitative estimate of drug-likeness (QED) is 0.877. The van der Waals surface area contributed by atoms with Crippen LogP contribution in [0.15, 0.2) is 24.3 Å². The van der Waals surface area contributed by atoms with Crippen LogP contribution in [0.25, 0.3) is 0 Å². The van der Waals surface area contributed by atoms with Gasteiger partial charge in [0.25, 0.3) is 0 Å². The van der Waals surface area contributed by atoms with Crippen molar-refractivity contribution in [1.82, 2.24) is 0 Å². The van der Waals surface area contributed by atoms with E-state index in [0.29, 0.717) is 18.4 Å². The normalized spacial score (nSPS) is 22.0. The van der Waals surface area contributed by atoms with Gasteiger partial charge in [-0.25, -0.2) is 0 Å². The molecule has 2 nitrogen and oxygen atoms in total. The Morgan fingerprint density at radius 1 is 1.10 bits per heavy atom. The van der Waals surface area contributed by atoms with Gasteiger partial charge < -0.3 is 9.84 Å². The zero-order valence-electron chi connectivity index (χ0n) is 14.0. The summed E-state index contributed by atoms with van der Waals surface area (Å²) in [5, 5.41) is 10.8. The average molecular weight is 290 g/mol. The van der Waals surface area contributed by atoms with Crippen LogP contribution in [0.3, 0.4) is 0 Å². The third-order valence-electron chi connectivity index (χ3n) is 5.04. The molecule has 118 valence electrons. The highest BCUT2D eigenvalue weighted by Gasteiger charge is 2.44. The molecule has 0 aromatic heterocycles. The molecule has 0 amide bonds. The molecule has 0 spiro atoms. The second-order valence-corrected chi connectivity index (χ2v) is 7.37. The first-order valence-corrected chi connectivity index (χ1v) is 8.24. The predicted octanol–water partition coefficient (Wildman–Crippen LogP) is 4.27. The topological polar surface area (TPSA) is 29.5 Å². The summed E-state index contributed by atoms with van der Waals surface area (Å²) in [6, 6.07) is 8.45. The van der Waals surface area contributed by atoms with Crippen LogP contribution in [0, 0.1) is 12.3 Å². The summed E-state index contributed by atoms with van der Waals surface area (Å²) in [6.07, 6.45) is 4.43. The van der Waals surface area contributed by atoms with Gasteiger partial charge in [0, 0.05) is 13.0 Å². The summed E-state index contributed by atoms with van der Waals surface area (Å²) in [5.41, 5.74) is 2.48. The van der Waals surface area contributed by atoms with Crippen molar-refractivity contribution in [3.63, 3.8) is 0 Å². The van der Waals surface area contributed by atoms with E-state index in [9.17, 15) is 5.11 Å². The molecule has 1 unspecified atom stereocenters. The van der Waals surface area contributed by atoms with Gasteiger partial charge in [-0.2, -0.15) is 0 Å². The molecule has 1 N–H and O–H groups in total. The molecule has 0 aliphatic heterocycles. The van der Waals surface area contributed by atoms with Crippen molar-refractivity contribution in [3.05, 3.63) is 35.4 Å². The van der Waals surface area contributed by atoms with Crippen molar-refractivity contribution in [2.24, 2.45) is 5.41 Å². The fraction of sp³-hybridized carbons (Fsp3) is 0.684. The summed E-state index contributed by atoms with van der Waals surface area (Å²) in [4.78, 5) is 0. The van der Waals surface area contributed by atoms with Crippen LogP contribution in [-0.2, 0) is 11.2 Å². The molecule has 1 aliphatic carbocycles. The van der Waals surface area contributed by atoms with Crippen LogP contribution < -0.4 is 0 Å². The number of aliphatic hydroxyl groups is 1. The third kappa shape index (κ3) is 4.08. The van der Waals surface area contributed by atoms with Crippen LogP contribution in [0.4, 0.5) is 0 Å². The van der Waals surface area contributed by atoms with Crippen molar-refractivity contribution in [1.29, 1.82) is 0 Å². The van der Waals surface area contributed by atoms with E-state index in [1.54, 1.807) is 0 Å². The maximum absolute atomic E-state index is 10.8. The van der Waals surface area contributed by atoms with E-state index >= 15 is 0 Å². The summed E-state index contributed by atoms with van der Waals surface area (Å²) in [6.45, 7) is 9.42. The maximum atomic E-state index is 10.8. The average Bonchev–Trinajstić information content (AvgIpc) is 2.44. The molecule has 1 fully saturated rings. The summed E-state index contributed by atoms with van der Waals surface area (Å²) in [5.74, 6) is 0. The summed E-state index contributed by atoms with van der Waals surface area (Å²) in [7, 11) is 0. The van der Waals surface area contributed by atoms with Gasteiger partial charge >= 0.3 is 0 Å². The summed E-state index contributed by atoms with van der Waals surface area (Å²) >= 11 is 0. The van der Waals surface area contributed by atoms with Crippen molar-refractivity contribution in [2.75, 3.05) is 6.61 Å². The lowest BCUT2D eigenvalue weighted by molar-refractivity contribution is -0.150. The van der Waals surface area contributed by atoms with Gasteiger partial charge in [-0.15, -0.1) is 0 Å². The van der Waals surface area contributed by atoms with Crippen molar-refractivity contribution < 1.29 is 9.84 Å². The molecule has 1 aromatic carbocycles. The second kappa shape index (κ2) is 6.50. The Morgan fingerprint density at radius 2 is 1.67 bits per heavy atom. The van der Waals surface area contributed by atoms with Gasteiger partial charge in [0.2, 0.25) is 0 Å². The van der Waals surface area contributed by atoms with E-state index in [0.717, 1.165) is 25.7 Å². The predicted molar refractivity (Wildman–Crippen MR) is 87.5 cm³/mol. The van der Waals surface area contributed by atoms with E-state index in [-0.39, 0.29) is 5.60 Å². The number of aryl methyl sites for hydroxylation is 1. The largest absolute Gasteiger partial charge is 0.390 e. The van der Waals surface area contributed by atoms with E-state index in [4.69, 9.17) is 4.74 Å². The number of aliphatic hydroxyl groups excluding tert-OH is 1. The molecule has 1 saturated carbocycles. The molecule has 2 rings (SSSR count). The van der Waals surface area contributed by atoms with Gasteiger partial charge in [0.05, 0.1) is 11.7 Å². The Balaban J connectivity index is 2.08. The van der Waals surface area contributed by atoms with E-state index < -0.39 is 6.10 Å². The molecule has 1 aliphatic rings. The van der Waals surface area contributed by atoms with Crippen LogP contribution in [0.2, 0.25) is 0 Å². The Morgan fingerprint density at radius 3 is 2.19 bits per heavy atom. The summed E-state index contributed by atoms with van der Waals surface area (Å²) < 4.78 is 6.07. The van der Waals surface area contributed by atoms with E-state index in [2.05, 4.69) is 45.0 Å². The van der Waals surface area contributed by atoms with E-state index in [1.807, 2.05) is 6.92 Å². The van der Waals surface area contributed by atoms with Crippen molar-refractivity contribution >= 4 is 0 Å². The lowest BCUT2D eigenvalue weighted by Gasteiger charge is -2.46. The van der Waals surface area contributed by atoms with E-state index in [1.165, 1.54) is 11.1 Å². The molecular weight excluding hydrogens is 260 g/mol. The van der Waals surface area contributed by atoms with Gasteiger partial charge in [0.15, 0.2) is 0 Å². The molecule has 2 heteroatoms. The molecule has 0 radical (unpaired) electrons. The number of benzene rings is 1. The highest BCUT2D eigenvalue weighted by Crippen LogP contribution is 2.44. The van der Waals surface area contributed by atoms with Gasteiger partial charge in [-0.05, 0) is 50.5 Å². The standard InChI is InChI=1S/C19H30O2/c1-5-21-19(12-10-18(3,4)11-13-19)17(20)14-16-8-6-15(2)7-9-16/h6-9,17,20H,5,10-14H2,1-4H3. The monoisotopic (exact) mass is 290 g/mol. The Hall–Kier alpha value is -0.860. The van der Waals surface area contributed by atoms with Crippen molar-refractivity contribution in [3.8, 4) is 0 Å². The molecule has 1 atom stereocenters. The van der Waals surface area contributed by atoms with Gasteiger partial charge in [0.1, 0.15) is 0 Å². The molecule has 1 aromatic rings. The van der Waals surface area contributed by atoms with Crippen LogP contribution in [0.5, 0.6) is 0 Å². The first-order chi connectivity index (χ1) is 9.87. The number of ether oxygens (including phenoxy) is 1. The Kier molecular flexibility index (Phi) is 5.11. The van der Waals surface area contributed by atoms with Crippen LogP contribution in [0.1, 0.15) is 57.6 Å². The van der Waals surface area contributed by atoms with Crippen molar-refractivity contribution in [2.45, 2.75) is 71.5 Å². The third-order valence-corrected chi connectivity index (χ3v) is 5.04. The molecule has 0 bridgehead atoms. The van der Waals surface area contributed by atoms with Gasteiger partial charge in [-0.1, -0.05) is 43.7 Å². The molecule has 0 saturated heterocycles. The highest BCUT2D eigenvalue weighted by atomic mass is 16.5. The fourth-order valence-electron chi connectivity index (χ4n) is 3.34. The highest BCUT2D eigenvalue weighted by molar-refractivity contribution is 5.22. The van der Waals surface area contributed by atoms with Crippen LogP contribution in [-0.4, -0.2) is 23.4 Å². The number of hydrogen-bond acceptors (Lipinski definition) is 2. The molecule has 0 heterocycles. The zero-order chi connectivity index (χ0) is 15.5. The second-order valence-electron chi connectivity index (χ2n) is 7.37. The SMILES string of the molecule is CCOC1(C(O)Cc2ccc(C)cc2)CCC(C)(C)CC1.